The molecule has 0 aromatic heterocycles. The Balaban J connectivity index is 2.09. The SMILES string of the molecule is Cc1ccc([C@@H]2CC(=O)Oc3ccc(O)cc32)cc1. The summed E-state index contributed by atoms with van der Waals surface area (Å²) in [6.07, 6.45) is 0.305. The lowest BCUT2D eigenvalue weighted by atomic mass is 9.86. The van der Waals surface area contributed by atoms with Crippen molar-refractivity contribution in [2.75, 3.05) is 0 Å². The molecule has 0 saturated heterocycles. The third kappa shape index (κ3) is 2.19. The number of aryl methyl sites for hydroxylation is 1. The normalized spacial score (nSPS) is 17.7. The van der Waals surface area contributed by atoms with E-state index in [2.05, 4.69) is 0 Å². The number of phenols is 1. The van der Waals surface area contributed by atoms with Gasteiger partial charge in [0.15, 0.2) is 0 Å². The van der Waals surface area contributed by atoms with Crippen molar-refractivity contribution in [3.63, 3.8) is 0 Å². The summed E-state index contributed by atoms with van der Waals surface area (Å²) < 4.78 is 5.21. The maximum absolute atomic E-state index is 11.7. The van der Waals surface area contributed by atoms with Gasteiger partial charge in [-0.3, -0.25) is 4.79 Å². The fourth-order valence-corrected chi connectivity index (χ4v) is 2.44. The van der Waals surface area contributed by atoms with Crippen LogP contribution in [0.3, 0.4) is 0 Å². The first-order valence-electron chi connectivity index (χ1n) is 6.23. The van der Waals surface area contributed by atoms with Crippen molar-refractivity contribution in [1.29, 1.82) is 0 Å². The van der Waals surface area contributed by atoms with Crippen molar-refractivity contribution in [2.24, 2.45) is 0 Å². The predicted octanol–water partition coefficient (Wildman–Crippen LogP) is 3.14. The Labute approximate surface area is 111 Å². The zero-order valence-corrected chi connectivity index (χ0v) is 10.6. The maximum Gasteiger partial charge on any atom is 0.312 e. The van der Waals surface area contributed by atoms with Crippen molar-refractivity contribution in [1.82, 2.24) is 0 Å². The number of carbonyl (C=O) groups excluding carboxylic acids is 1. The number of rotatable bonds is 1. The summed E-state index contributed by atoms with van der Waals surface area (Å²) in [5.74, 6) is 0.446. The van der Waals surface area contributed by atoms with Gasteiger partial charge in [-0.2, -0.15) is 0 Å². The molecular weight excluding hydrogens is 240 g/mol. The third-order valence-electron chi connectivity index (χ3n) is 3.44. The number of esters is 1. The van der Waals surface area contributed by atoms with Crippen molar-refractivity contribution in [3.8, 4) is 11.5 Å². The van der Waals surface area contributed by atoms with Gasteiger partial charge < -0.3 is 9.84 Å². The molecule has 0 spiro atoms. The molecule has 19 heavy (non-hydrogen) atoms. The summed E-state index contributed by atoms with van der Waals surface area (Å²) >= 11 is 0. The summed E-state index contributed by atoms with van der Waals surface area (Å²) in [6.45, 7) is 2.03. The van der Waals surface area contributed by atoms with Crippen molar-refractivity contribution >= 4 is 5.97 Å². The zero-order chi connectivity index (χ0) is 13.4. The molecule has 3 heteroatoms. The van der Waals surface area contributed by atoms with Crippen LogP contribution in [0.1, 0.15) is 29.0 Å². The van der Waals surface area contributed by atoms with E-state index in [1.807, 2.05) is 31.2 Å². The molecule has 2 aromatic rings. The number of hydrogen-bond donors (Lipinski definition) is 1. The van der Waals surface area contributed by atoms with Gasteiger partial charge in [-0.05, 0) is 30.7 Å². The van der Waals surface area contributed by atoms with E-state index in [0.29, 0.717) is 12.2 Å². The molecule has 1 atom stereocenters. The second kappa shape index (κ2) is 4.43. The smallest absolute Gasteiger partial charge is 0.312 e. The molecule has 1 aliphatic rings. The minimum absolute atomic E-state index is 0.0519. The van der Waals surface area contributed by atoms with Crippen LogP contribution in [-0.2, 0) is 4.79 Å². The van der Waals surface area contributed by atoms with Gasteiger partial charge in [-0.25, -0.2) is 0 Å². The van der Waals surface area contributed by atoms with Crippen LogP contribution in [0.2, 0.25) is 0 Å². The van der Waals surface area contributed by atoms with E-state index >= 15 is 0 Å². The average Bonchev–Trinajstić information content (AvgIpc) is 2.39. The lowest BCUT2D eigenvalue weighted by Gasteiger charge is -2.25. The van der Waals surface area contributed by atoms with Crippen LogP contribution >= 0.6 is 0 Å². The van der Waals surface area contributed by atoms with Gasteiger partial charge in [-0.15, -0.1) is 0 Å². The highest BCUT2D eigenvalue weighted by Crippen LogP contribution is 2.40. The first-order chi connectivity index (χ1) is 9.13. The second-order valence-electron chi connectivity index (χ2n) is 4.86. The standard InChI is InChI=1S/C16H14O3/c1-10-2-4-11(5-3-10)13-9-16(18)19-15-7-6-12(17)8-14(13)15/h2-8,13,17H,9H2,1H3/t13-/m0/s1. The molecule has 1 N–H and O–H groups in total. The molecular formula is C16H14O3. The number of hydrogen-bond acceptors (Lipinski definition) is 3. The fourth-order valence-electron chi connectivity index (χ4n) is 2.44. The number of aromatic hydroxyl groups is 1. The topological polar surface area (TPSA) is 46.5 Å². The molecule has 2 aromatic carbocycles. The van der Waals surface area contributed by atoms with E-state index in [0.717, 1.165) is 11.1 Å². The van der Waals surface area contributed by atoms with Crippen molar-refractivity contribution in [3.05, 3.63) is 59.2 Å². The number of ether oxygens (including phenoxy) is 1. The highest BCUT2D eigenvalue weighted by atomic mass is 16.5. The van der Waals surface area contributed by atoms with Gasteiger partial charge in [0.2, 0.25) is 0 Å². The Hall–Kier alpha value is -2.29. The summed E-state index contributed by atoms with van der Waals surface area (Å²) in [5, 5.41) is 9.62. The predicted molar refractivity (Wildman–Crippen MR) is 71.4 cm³/mol. The highest BCUT2D eigenvalue weighted by Gasteiger charge is 2.28. The average molecular weight is 254 g/mol. The van der Waals surface area contributed by atoms with Crippen LogP contribution in [0, 0.1) is 6.92 Å². The van der Waals surface area contributed by atoms with E-state index < -0.39 is 0 Å². The fraction of sp³-hybridized carbons (Fsp3) is 0.188. The Kier molecular flexibility index (Phi) is 2.75. The molecule has 3 rings (SSSR count). The minimum atomic E-state index is -0.233. The number of carbonyl (C=O) groups is 1. The second-order valence-corrected chi connectivity index (χ2v) is 4.86. The van der Waals surface area contributed by atoms with Gasteiger partial charge in [0.05, 0.1) is 6.42 Å². The molecule has 1 aliphatic heterocycles. The van der Waals surface area contributed by atoms with E-state index in [9.17, 15) is 9.90 Å². The van der Waals surface area contributed by atoms with Gasteiger partial charge >= 0.3 is 5.97 Å². The van der Waals surface area contributed by atoms with E-state index in [-0.39, 0.29) is 17.6 Å². The first kappa shape index (κ1) is 11.8. The largest absolute Gasteiger partial charge is 0.508 e. The summed E-state index contributed by atoms with van der Waals surface area (Å²) in [5.41, 5.74) is 3.11. The summed E-state index contributed by atoms with van der Waals surface area (Å²) in [6, 6.07) is 12.9. The van der Waals surface area contributed by atoms with Gasteiger partial charge in [-0.1, -0.05) is 29.8 Å². The Bertz CT molecular complexity index is 629. The Morgan fingerprint density at radius 3 is 2.63 bits per heavy atom. The maximum atomic E-state index is 11.7. The third-order valence-corrected chi connectivity index (χ3v) is 3.44. The minimum Gasteiger partial charge on any atom is -0.508 e. The van der Waals surface area contributed by atoms with Gasteiger partial charge in [0.25, 0.3) is 0 Å². The van der Waals surface area contributed by atoms with Crippen LogP contribution in [0.25, 0.3) is 0 Å². The van der Waals surface area contributed by atoms with E-state index in [1.165, 1.54) is 11.6 Å². The van der Waals surface area contributed by atoms with E-state index in [1.54, 1.807) is 12.1 Å². The van der Waals surface area contributed by atoms with Gasteiger partial charge in [0.1, 0.15) is 11.5 Å². The summed E-state index contributed by atoms with van der Waals surface area (Å²) in [7, 11) is 0. The molecule has 0 amide bonds. The molecule has 0 fully saturated rings. The Morgan fingerprint density at radius 2 is 1.89 bits per heavy atom. The molecule has 96 valence electrons. The molecule has 0 bridgehead atoms. The van der Waals surface area contributed by atoms with E-state index in [4.69, 9.17) is 4.74 Å². The summed E-state index contributed by atoms with van der Waals surface area (Å²) in [4.78, 5) is 11.7. The molecule has 1 heterocycles. The van der Waals surface area contributed by atoms with Crippen LogP contribution < -0.4 is 4.74 Å². The first-order valence-corrected chi connectivity index (χ1v) is 6.23. The Morgan fingerprint density at radius 1 is 1.16 bits per heavy atom. The van der Waals surface area contributed by atoms with Gasteiger partial charge in [0, 0.05) is 11.5 Å². The number of benzene rings is 2. The van der Waals surface area contributed by atoms with Crippen molar-refractivity contribution < 1.29 is 14.6 Å². The lowest BCUT2D eigenvalue weighted by Crippen LogP contribution is -2.20. The molecule has 3 nitrogen and oxygen atoms in total. The molecule has 0 saturated carbocycles. The molecule has 0 aliphatic carbocycles. The van der Waals surface area contributed by atoms with Crippen LogP contribution in [0.4, 0.5) is 0 Å². The molecule has 0 unspecified atom stereocenters. The molecule has 0 radical (unpaired) electrons. The van der Waals surface area contributed by atoms with Crippen LogP contribution in [0.5, 0.6) is 11.5 Å². The van der Waals surface area contributed by atoms with Crippen LogP contribution in [0.15, 0.2) is 42.5 Å². The highest BCUT2D eigenvalue weighted by molar-refractivity contribution is 5.77. The quantitative estimate of drug-likeness (QED) is 0.628. The zero-order valence-electron chi connectivity index (χ0n) is 10.6. The lowest BCUT2D eigenvalue weighted by molar-refractivity contribution is -0.135. The number of phenolic OH excluding ortho intramolecular Hbond substituents is 1. The monoisotopic (exact) mass is 254 g/mol. The van der Waals surface area contributed by atoms with Crippen molar-refractivity contribution in [2.45, 2.75) is 19.3 Å². The van der Waals surface area contributed by atoms with Crippen LogP contribution in [-0.4, -0.2) is 11.1 Å². The number of fused-ring (bicyclic) bond motifs is 1.